The van der Waals surface area contributed by atoms with Crippen LogP contribution in [0.3, 0.4) is 0 Å². The molecule has 0 amide bonds. The number of allylic oxidation sites excluding steroid dienone is 8. The SMILES string of the molecule is C1=CCC([CH-]C2=CC=CC2)=C1.[H-].[H-].[H-].[Ti+4]. The Kier molecular flexibility index (Phi) is 3.64. The van der Waals surface area contributed by atoms with Crippen molar-refractivity contribution in [2.75, 3.05) is 0 Å². The van der Waals surface area contributed by atoms with Crippen LogP contribution in [0.4, 0.5) is 0 Å². The van der Waals surface area contributed by atoms with Crippen molar-refractivity contribution >= 4 is 0 Å². The molecule has 0 atom stereocenters. The second kappa shape index (κ2) is 4.54. The summed E-state index contributed by atoms with van der Waals surface area (Å²) in [5.74, 6) is 0. The zero-order chi connectivity index (χ0) is 7.52. The molecule has 0 aliphatic heterocycles. The summed E-state index contributed by atoms with van der Waals surface area (Å²) in [6.07, 6.45) is 17.5. The molecule has 62 valence electrons. The third-order valence-corrected chi connectivity index (χ3v) is 1.97. The Hall–Kier alpha value is -0.456. The molecular formula is C11H14Ti. The van der Waals surface area contributed by atoms with Crippen molar-refractivity contribution in [1.82, 2.24) is 0 Å². The second-order valence-electron chi connectivity index (χ2n) is 2.89. The molecule has 0 aromatic carbocycles. The van der Waals surface area contributed by atoms with Gasteiger partial charge < -0.3 is 4.28 Å². The van der Waals surface area contributed by atoms with Crippen molar-refractivity contribution in [2.24, 2.45) is 0 Å². The fraction of sp³-hybridized carbons (Fsp3) is 0.182. The summed E-state index contributed by atoms with van der Waals surface area (Å²) in [4.78, 5) is 0. The molecule has 12 heavy (non-hydrogen) atoms. The van der Waals surface area contributed by atoms with Crippen LogP contribution < -0.4 is 0 Å². The predicted molar refractivity (Wildman–Crippen MR) is 51.3 cm³/mol. The molecule has 0 N–H and O–H groups in total. The fourth-order valence-corrected chi connectivity index (χ4v) is 1.38. The van der Waals surface area contributed by atoms with E-state index in [1.807, 2.05) is 0 Å². The zero-order valence-corrected chi connectivity index (χ0v) is 8.52. The molecule has 0 unspecified atom stereocenters. The monoisotopic (exact) mass is 194 g/mol. The van der Waals surface area contributed by atoms with Gasteiger partial charge in [-0.05, 0) is 12.8 Å². The zero-order valence-electron chi connectivity index (χ0n) is 9.96. The predicted octanol–water partition coefficient (Wildman–Crippen LogP) is 3.30. The molecule has 0 saturated heterocycles. The van der Waals surface area contributed by atoms with Crippen LogP contribution >= 0.6 is 0 Å². The molecule has 0 nitrogen and oxygen atoms in total. The summed E-state index contributed by atoms with van der Waals surface area (Å²) >= 11 is 0. The van der Waals surface area contributed by atoms with Crippen LogP contribution in [-0.2, 0) is 21.7 Å². The van der Waals surface area contributed by atoms with Crippen LogP contribution in [0.2, 0.25) is 0 Å². The van der Waals surface area contributed by atoms with Gasteiger partial charge in [0.05, 0.1) is 0 Å². The molecule has 0 aromatic heterocycles. The van der Waals surface area contributed by atoms with Crippen LogP contribution in [0, 0.1) is 6.42 Å². The van der Waals surface area contributed by atoms with Gasteiger partial charge in [0.2, 0.25) is 0 Å². The van der Waals surface area contributed by atoms with Gasteiger partial charge in [-0.2, -0.15) is 29.7 Å². The second-order valence-corrected chi connectivity index (χ2v) is 2.89. The fourth-order valence-electron chi connectivity index (χ4n) is 1.38. The van der Waals surface area contributed by atoms with E-state index in [1.54, 1.807) is 0 Å². The van der Waals surface area contributed by atoms with Crippen molar-refractivity contribution in [1.29, 1.82) is 0 Å². The van der Waals surface area contributed by atoms with Gasteiger partial charge in [-0.3, -0.25) is 0 Å². The molecule has 0 spiro atoms. The first-order chi connectivity index (χ1) is 5.45. The van der Waals surface area contributed by atoms with Crippen LogP contribution in [0.15, 0.2) is 47.6 Å². The first kappa shape index (κ1) is 9.63. The Labute approximate surface area is 93.1 Å². The van der Waals surface area contributed by atoms with Gasteiger partial charge >= 0.3 is 21.7 Å². The maximum Gasteiger partial charge on any atom is 4.00 e. The smallest absolute Gasteiger partial charge is 1.00 e. The topological polar surface area (TPSA) is 0 Å². The summed E-state index contributed by atoms with van der Waals surface area (Å²) in [5.41, 5.74) is 2.86. The Morgan fingerprint density at radius 1 is 1.00 bits per heavy atom. The Balaban J connectivity index is -0.000000360. The normalized spacial score (nSPS) is 18.7. The molecule has 0 fully saturated rings. The molecule has 0 bridgehead atoms. The average molecular weight is 194 g/mol. The molecular weight excluding hydrogens is 180 g/mol. The van der Waals surface area contributed by atoms with E-state index in [0.717, 1.165) is 12.8 Å². The van der Waals surface area contributed by atoms with Gasteiger partial charge in [-0.1, -0.05) is 12.2 Å². The Morgan fingerprint density at radius 3 is 1.83 bits per heavy atom. The largest absolute Gasteiger partial charge is 4.00 e. The van der Waals surface area contributed by atoms with Crippen LogP contribution in [0.1, 0.15) is 17.1 Å². The van der Waals surface area contributed by atoms with Crippen molar-refractivity contribution in [3.8, 4) is 0 Å². The van der Waals surface area contributed by atoms with Gasteiger partial charge in [-0.15, -0.1) is 12.2 Å². The number of hydrogen-bond acceptors (Lipinski definition) is 0. The maximum absolute atomic E-state index is 2.28. The van der Waals surface area contributed by atoms with E-state index in [0.29, 0.717) is 0 Å². The molecule has 0 aromatic rings. The van der Waals surface area contributed by atoms with E-state index < -0.39 is 0 Å². The summed E-state index contributed by atoms with van der Waals surface area (Å²) in [7, 11) is 0. The standard InChI is InChI=1S/C11H11.Ti.3H/c1-2-6-10(5-1)9-11-7-3-4-8-11;;;;/h1-5,7,9H,6,8H2;;;;/q-1;+4;3*-1. The van der Waals surface area contributed by atoms with E-state index in [1.165, 1.54) is 11.1 Å². The minimum absolute atomic E-state index is 0. The molecule has 0 radical (unpaired) electrons. The van der Waals surface area contributed by atoms with Crippen molar-refractivity contribution < 1.29 is 26.0 Å². The van der Waals surface area contributed by atoms with Crippen molar-refractivity contribution in [3.05, 3.63) is 54.0 Å². The van der Waals surface area contributed by atoms with Crippen molar-refractivity contribution in [2.45, 2.75) is 12.8 Å². The summed E-state index contributed by atoms with van der Waals surface area (Å²) < 4.78 is 0. The van der Waals surface area contributed by atoms with Gasteiger partial charge in [-0.25, -0.2) is 0 Å². The van der Waals surface area contributed by atoms with Crippen molar-refractivity contribution in [3.63, 3.8) is 0 Å². The number of rotatable bonds is 2. The molecule has 0 heterocycles. The maximum atomic E-state index is 2.28. The molecule has 2 aliphatic carbocycles. The summed E-state index contributed by atoms with van der Waals surface area (Å²) in [5, 5.41) is 0. The molecule has 2 rings (SSSR count). The molecule has 2 aliphatic rings. The summed E-state index contributed by atoms with van der Waals surface area (Å²) in [6, 6.07) is 0. The summed E-state index contributed by atoms with van der Waals surface area (Å²) in [6.45, 7) is 0. The van der Waals surface area contributed by atoms with E-state index in [-0.39, 0.29) is 26.0 Å². The van der Waals surface area contributed by atoms with Gasteiger partial charge in [0.15, 0.2) is 0 Å². The third kappa shape index (κ3) is 2.26. The van der Waals surface area contributed by atoms with Crippen LogP contribution in [0.5, 0.6) is 0 Å². The van der Waals surface area contributed by atoms with Crippen LogP contribution in [0.25, 0.3) is 0 Å². The van der Waals surface area contributed by atoms with E-state index in [2.05, 4.69) is 42.9 Å². The van der Waals surface area contributed by atoms with Gasteiger partial charge in [0, 0.05) is 0 Å². The minimum Gasteiger partial charge on any atom is -1.00 e. The third-order valence-electron chi connectivity index (χ3n) is 1.97. The first-order valence-electron chi connectivity index (χ1n) is 4.01. The van der Waals surface area contributed by atoms with E-state index >= 15 is 0 Å². The van der Waals surface area contributed by atoms with E-state index in [4.69, 9.17) is 0 Å². The average Bonchev–Trinajstić information content (AvgIpc) is 2.60. The molecule has 0 saturated carbocycles. The Morgan fingerprint density at radius 2 is 1.50 bits per heavy atom. The van der Waals surface area contributed by atoms with Gasteiger partial charge in [0.1, 0.15) is 0 Å². The van der Waals surface area contributed by atoms with Gasteiger partial charge in [0.25, 0.3) is 0 Å². The quantitative estimate of drug-likeness (QED) is 0.467. The Bertz CT molecular complexity index is 250. The number of hydrogen-bond donors (Lipinski definition) is 0. The first-order valence-corrected chi connectivity index (χ1v) is 4.01. The molecule has 1 heteroatoms. The van der Waals surface area contributed by atoms with E-state index in [9.17, 15) is 0 Å². The van der Waals surface area contributed by atoms with Crippen LogP contribution in [-0.4, -0.2) is 0 Å². The minimum atomic E-state index is 0.